The van der Waals surface area contributed by atoms with E-state index in [0.29, 0.717) is 6.10 Å². The lowest BCUT2D eigenvalue weighted by Gasteiger charge is -2.17. The molecule has 1 aliphatic heterocycles. The minimum absolute atomic E-state index is 0.299. The van der Waals surface area contributed by atoms with Gasteiger partial charge >= 0.3 is 0 Å². The number of hydrogen-bond acceptors (Lipinski definition) is 2. The predicted octanol–water partition coefficient (Wildman–Crippen LogP) is 4.10. The molecule has 2 aromatic rings. The van der Waals surface area contributed by atoms with E-state index in [9.17, 15) is 0 Å². The largest absolute Gasteiger partial charge is 0.489 e. The summed E-state index contributed by atoms with van der Waals surface area (Å²) >= 11 is 3.48. The van der Waals surface area contributed by atoms with Crippen molar-refractivity contribution < 1.29 is 4.74 Å². The highest BCUT2D eigenvalue weighted by Gasteiger charge is 2.23. The zero-order valence-corrected chi connectivity index (χ0v) is 12.9. The molecule has 0 spiro atoms. The monoisotopic (exact) mass is 331 g/mol. The average molecular weight is 332 g/mol. The Balaban J connectivity index is 1.54. The van der Waals surface area contributed by atoms with Crippen LogP contribution < -0.4 is 4.74 Å². The van der Waals surface area contributed by atoms with Gasteiger partial charge in [-0.2, -0.15) is 0 Å². The lowest BCUT2D eigenvalue weighted by molar-refractivity contribution is 0.198. The van der Waals surface area contributed by atoms with Crippen molar-refractivity contribution in [2.75, 3.05) is 13.1 Å². The molecule has 1 heterocycles. The normalized spacial score (nSPS) is 19.1. The van der Waals surface area contributed by atoms with Crippen LogP contribution in [0.3, 0.4) is 0 Å². The van der Waals surface area contributed by atoms with Crippen molar-refractivity contribution in [1.29, 1.82) is 0 Å². The minimum atomic E-state index is 0.299. The molecular formula is C17H18BrNO. The molecule has 3 heteroatoms. The number of benzene rings is 2. The van der Waals surface area contributed by atoms with E-state index in [-0.39, 0.29) is 0 Å². The van der Waals surface area contributed by atoms with Crippen LogP contribution in [0, 0.1) is 0 Å². The maximum absolute atomic E-state index is 6.05. The van der Waals surface area contributed by atoms with E-state index >= 15 is 0 Å². The molecule has 2 aromatic carbocycles. The van der Waals surface area contributed by atoms with Gasteiger partial charge in [-0.25, -0.2) is 0 Å². The molecule has 2 nitrogen and oxygen atoms in total. The number of rotatable bonds is 4. The van der Waals surface area contributed by atoms with E-state index in [1.54, 1.807) is 0 Å². The molecule has 1 saturated heterocycles. The Kier molecular flexibility index (Phi) is 4.38. The van der Waals surface area contributed by atoms with Crippen LogP contribution in [0.4, 0.5) is 0 Å². The van der Waals surface area contributed by atoms with Crippen molar-refractivity contribution in [2.24, 2.45) is 0 Å². The fourth-order valence-corrected chi connectivity index (χ4v) is 2.99. The lowest BCUT2D eigenvalue weighted by Crippen LogP contribution is -2.24. The van der Waals surface area contributed by atoms with Crippen LogP contribution in [-0.2, 0) is 6.54 Å². The van der Waals surface area contributed by atoms with E-state index < -0.39 is 0 Å². The highest BCUT2D eigenvalue weighted by molar-refractivity contribution is 9.10. The second-order valence-corrected chi connectivity index (χ2v) is 6.12. The molecule has 0 aromatic heterocycles. The van der Waals surface area contributed by atoms with Crippen LogP contribution in [0.2, 0.25) is 0 Å². The Bertz CT molecular complexity index is 558. The smallest absolute Gasteiger partial charge is 0.120 e. The summed E-state index contributed by atoms with van der Waals surface area (Å²) in [5, 5.41) is 0. The molecular weight excluding hydrogens is 314 g/mol. The molecule has 0 bridgehead atoms. The maximum atomic E-state index is 6.05. The summed E-state index contributed by atoms with van der Waals surface area (Å²) in [5.74, 6) is 0.950. The van der Waals surface area contributed by atoms with Crippen LogP contribution in [0.1, 0.15) is 12.0 Å². The molecule has 1 fully saturated rings. The van der Waals surface area contributed by atoms with Crippen LogP contribution >= 0.6 is 15.9 Å². The van der Waals surface area contributed by atoms with Gasteiger partial charge in [0.15, 0.2) is 0 Å². The zero-order valence-electron chi connectivity index (χ0n) is 11.3. The van der Waals surface area contributed by atoms with E-state index in [1.165, 1.54) is 5.56 Å². The highest BCUT2D eigenvalue weighted by atomic mass is 79.9. The summed E-state index contributed by atoms with van der Waals surface area (Å²) in [5.41, 5.74) is 1.37. The first-order chi connectivity index (χ1) is 9.79. The first-order valence-corrected chi connectivity index (χ1v) is 7.77. The fraction of sp³-hybridized carbons (Fsp3) is 0.294. The van der Waals surface area contributed by atoms with Gasteiger partial charge < -0.3 is 4.74 Å². The SMILES string of the molecule is Brc1cccc(OC2CCN(Cc3ccccc3)C2)c1. The van der Waals surface area contributed by atoms with Crippen LogP contribution in [0.15, 0.2) is 59.1 Å². The van der Waals surface area contributed by atoms with Gasteiger partial charge in [0.1, 0.15) is 11.9 Å². The maximum Gasteiger partial charge on any atom is 0.120 e. The number of ether oxygens (including phenoxy) is 1. The third kappa shape index (κ3) is 3.62. The topological polar surface area (TPSA) is 12.5 Å². The Labute approximate surface area is 128 Å². The standard InChI is InChI=1S/C17H18BrNO/c18-15-7-4-8-16(11-15)20-17-9-10-19(13-17)12-14-5-2-1-3-6-14/h1-8,11,17H,9-10,12-13H2. The van der Waals surface area contributed by atoms with Gasteiger partial charge in [-0.3, -0.25) is 4.90 Å². The number of hydrogen-bond donors (Lipinski definition) is 0. The van der Waals surface area contributed by atoms with Crippen molar-refractivity contribution in [3.05, 3.63) is 64.6 Å². The molecule has 20 heavy (non-hydrogen) atoms. The summed E-state index contributed by atoms with van der Waals surface area (Å²) in [7, 11) is 0. The Morgan fingerprint density at radius 3 is 2.75 bits per heavy atom. The summed E-state index contributed by atoms with van der Waals surface area (Å²) in [6.07, 6.45) is 1.40. The van der Waals surface area contributed by atoms with Gasteiger partial charge in [-0.05, 0) is 30.2 Å². The van der Waals surface area contributed by atoms with Crippen molar-refractivity contribution in [3.8, 4) is 5.75 Å². The first-order valence-electron chi connectivity index (χ1n) is 6.98. The molecule has 0 saturated carbocycles. The second-order valence-electron chi connectivity index (χ2n) is 5.21. The Morgan fingerprint density at radius 1 is 1.10 bits per heavy atom. The summed E-state index contributed by atoms with van der Waals surface area (Å²) in [6.45, 7) is 3.12. The molecule has 1 atom stereocenters. The van der Waals surface area contributed by atoms with Crippen molar-refractivity contribution >= 4 is 15.9 Å². The van der Waals surface area contributed by atoms with Crippen LogP contribution in [0.5, 0.6) is 5.75 Å². The second kappa shape index (κ2) is 6.42. The first kappa shape index (κ1) is 13.7. The molecule has 1 aliphatic rings. The highest BCUT2D eigenvalue weighted by Crippen LogP contribution is 2.22. The third-order valence-electron chi connectivity index (χ3n) is 3.58. The zero-order chi connectivity index (χ0) is 13.8. The summed E-state index contributed by atoms with van der Waals surface area (Å²) in [4.78, 5) is 2.46. The molecule has 0 aliphatic carbocycles. The number of nitrogens with zero attached hydrogens (tertiary/aromatic N) is 1. The Morgan fingerprint density at radius 2 is 1.95 bits per heavy atom. The van der Waals surface area contributed by atoms with Crippen molar-refractivity contribution in [1.82, 2.24) is 4.90 Å². The van der Waals surface area contributed by atoms with Gasteiger partial charge in [0.25, 0.3) is 0 Å². The van der Waals surface area contributed by atoms with Gasteiger partial charge in [-0.1, -0.05) is 52.3 Å². The van der Waals surface area contributed by atoms with E-state index in [1.807, 2.05) is 24.3 Å². The van der Waals surface area contributed by atoms with Gasteiger partial charge in [0.2, 0.25) is 0 Å². The predicted molar refractivity (Wildman–Crippen MR) is 84.9 cm³/mol. The molecule has 0 amide bonds. The fourth-order valence-electron chi connectivity index (χ4n) is 2.61. The van der Waals surface area contributed by atoms with E-state index in [4.69, 9.17) is 4.74 Å². The molecule has 3 rings (SSSR count). The third-order valence-corrected chi connectivity index (χ3v) is 4.07. The summed E-state index contributed by atoms with van der Waals surface area (Å²) < 4.78 is 7.12. The van der Waals surface area contributed by atoms with Gasteiger partial charge in [0, 0.05) is 24.1 Å². The average Bonchev–Trinajstić information content (AvgIpc) is 2.87. The quantitative estimate of drug-likeness (QED) is 0.836. The van der Waals surface area contributed by atoms with Crippen molar-refractivity contribution in [2.45, 2.75) is 19.1 Å². The number of likely N-dealkylation sites (tertiary alicyclic amines) is 1. The molecule has 1 unspecified atom stereocenters. The lowest BCUT2D eigenvalue weighted by atomic mass is 10.2. The van der Waals surface area contributed by atoms with Gasteiger partial charge in [0.05, 0.1) is 0 Å². The van der Waals surface area contributed by atoms with Gasteiger partial charge in [-0.15, -0.1) is 0 Å². The van der Waals surface area contributed by atoms with Crippen LogP contribution in [0.25, 0.3) is 0 Å². The Hall–Kier alpha value is -1.32. The van der Waals surface area contributed by atoms with Crippen LogP contribution in [-0.4, -0.2) is 24.1 Å². The molecule has 0 N–H and O–H groups in total. The van der Waals surface area contributed by atoms with E-state index in [0.717, 1.165) is 36.3 Å². The molecule has 0 radical (unpaired) electrons. The summed E-state index contributed by atoms with van der Waals surface area (Å²) in [6, 6.07) is 18.7. The minimum Gasteiger partial charge on any atom is -0.489 e. The molecule has 104 valence electrons. The number of halogens is 1. The van der Waals surface area contributed by atoms with E-state index in [2.05, 4.69) is 51.2 Å². The van der Waals surface area contributed by atoms with Crippen molar-refractivity contribution in [3.63, 3.8) is 0 Å².